The molecule has 2 aromatic carbocycles. The van der Waals surface area contributed by atoms with Crippen LogP contribution in [-0.4, -0.2) is 28.4 Å². The maximum absolute atomic E-state index is 12.2. The second kappa shape index (κ2) is 9.05. The van der Waals surface area contributed by atoms with Gasteiger partial charge in [-0.05, 0) is 55.7 Å². The molecule has 2 aromatic rings. The molecule has 1 N–H and O–H groups in total. The van der Waals surface area contributed by atoms with Gasteiger partial charge in [-0.3, -0.25) is 9.59 Å². The number of nitrogens with one attached hydrogen (secondary N) is 1. The number of anilines is 1. The minimum absolute atomic E-state index is 0.119. The summed E-state index contributed by atoms with van der Waals surface area (Å²) in [5.74, 6) is 1.16. The Morgan fingerprint density at radius 3 is 2.59 bits per heavy atom. The summed E-state index contributed by atoms with van der Waals surface area (Å²) in [7, 11) is 0. The van der Waals surface area contributed by atoms with Crippen molar-refractivity contribution in [3.8, 4) is 11.5 Å². The largest absolute Gasteiger partial charge is 0.457 e. The SMILES string of the molecule is O=C(CSC1=NC(=O)C2CCCCC2=N1)Nc1ccc(Oc2ccccc2)cc1. The zero-order valence-corrected chi connectivity index (χ0v) is 16.7. The Kier molecular flexibility index (Phi) is 6.05. The van der Waals surface area contributed by atoms with Crippen LogP contribution < -0.4 is 10.1 Å². The summed E-state index contributed by atoms with van der Waals surface area (Å²) < 4.78 is 5.74. The van der Waals surface area contributed by atoms with Crippen molar-refractivity contribution in [3.63, 3.8) is 0 Å². The zero-order valence-electron chi connectivity index (χ0n) is 15.8. The fourth-order valence-corrected chi connectivity index (χ4v) is 4.01. The Bertz CT molecular complexity index is 955. The van der Waals surface area contributed by atoms with Crippen molar-refractivity contribution in [1.29, 1.82) is 0 Å². The van der Waals surface area contributed by atoms with Crippen molar-refractivity contribution in [1.82, 2.24) is 0 Å². The smallest absolute Gasteiger partial charge is 0.256 e. The van der Waals surface area contributed by atoms with Gasteiger partial charge in [0.2, 0.25) is 5.91 Å². The highest BCUT2D eigenvalue weighted by Crippen LogP contribution is 2.27. The standard InChI is InChI=1S/C22H21N3O3S/c26-20(14-29-22-24-19-9-5-4-8-18(19)21(27)25-22)23-15-10-12-17(13-11-15)28-16-6-2-1-3-7-16/h1-3,6-7,10-13,18H,4-5,8-9,14H2,(H,23,26). The molecule has 1 heterocycles. The summed E-state index contributed by atoms with van der Waals surface area (Å²) in [4.78, 5) is 32.9. The van der Waals surface area contributed by atoms with E-state index in [1.165, 1.54) is 11.8 Å². The Hall–Kier alpha value is -2.93. The fourth-order valence-electron chi connectivity index (χ4n) is 3.34. The number of thioether (sulfide) groups is 1. The van der Waals surface area contributed by atoms with Crippen LogP contribution in [0.15, 0.2) is 64.6 Å². The van der Waals surface area contributed by atoms with Gasteiger partial charge in [0, 0.05) is 11.4 Å². The average molecular weight is 407 g/mol. The van der Waals surface area contributed by atoms with Crippen LogP contribution in [0.5, 0.6) is 11.5 Å². The van der Waals surface area contributed by atoms with E-state index in [0.29, 0.717) is 16.6 Å². The van der Waals surface area contributed by atoms with E-state index in [1.807, 2.05) is 30.3 Å². The third-order valence-electron chi connectivity index (χ3n) is 4.77. The van der Waals surface area contributed by atoms with Crippen molar-refractivity contribution in [2.24, 2.45) is 15.9 Å². The van der Waals surface area contributed by atoms with Crippen molar-refractivity contribution in [3.05, 3.63) is 54.6 Å². The summed E-state index contributed by atoms with van der Waals surface area (Å²) >= 11 is 1.19. The molecule has 1 atom stereocenters. The number of nitrogens with zero attached hydrogens (tertiary/aromatic N) is 2. The van der Waals surface area contributed by atoms with E-state index < -0.39 is 0 Å². The van der Waals surface area contributed by atoms with E-state index in [2.05, 4.69) is 15.3 Å². The molecule has 0 aromatic heterocycles. The fraction of sp³-hybridized carbons (Fsp3) is 0.273. The first kappa shape index (κ1) is 19.4. The van der Waals surface area contributed by atoms with Gasteiger partial charge in [0.25, 0.3) is 5.91 Å². The molecule has 0 saturated heterocycles. The average Bonchev–Trinajstić information content (AvgIpc) is 2.74. The number of para-hydroxylation sites is 1. The predicted molar refractivity (Wildman–Crippen MR) is 116 cm³/mol. The predicted octanol–water partition coefficient (Wildman–Crippen LogP) is 4.68. The molecular formula is C22H21N3O3S. The molecule has 2 aliphatic rings. The Balaban J connectivity index is 1.29. The molecule has 6 nitrogen and oxygen atoms in total. The molecule has 1 saturated carbocycles. The molecule has 1 aliphatic heterocycles. The maximum atomic E-state index is 12.2. The van der Waals surface area contributed by atoms with Crippen LogP contribution in [0.25, 0.3) is 0 Å². The lowest BCUT2D eigenvalue weighted by Gasteiger charge is -2.24. The van der Waals surface area contributed by atoms with Gasteiger partial charge in [-0.2, -0.15) is 4.99 Å². The summed E-state index contributed by atoms with van der Waals surface area (Å²) in [6.45, 7) is 0. The van der Waals surface area contributed by atoms with E-state index in [4.69, 9.17) is 4.74 Å². The van der Waals surface area contributed by atoms with Crippen LogP contribution >= 0.6 is 11.8 Å². The lowest BCUT2D eigenvalue weighted by molar-refractivity contribution is -0.120. The van der Waals surface area contributed by atoms with Crippen LogP contribution in [0.2, 0.25) is 0 Å². The third-order valence-corrected chi connectivity index (χ3v) is 5.62. The Morgan fingerprint density at radius 1 is 1.03 bits per heavy atom. The van der Waals surface area contributed by atoms with Crippen LogP contribution in [0, 0.1) is 5.92 Å². The highest BCUT2D eigenvalue weighted by molar-refractivity contribution is 8.14. The van der Waals surface area contributed by atoms with Gasteiger partial charge in [0.15, 0.2) is 5.17 Å². The molecule has 1 unspecified atom stereocenters. The first-order chi connectivity index (χ1) is 14.2. The molecule has 0 radical (unpaired) electrons. The van der Waals surface area contributed by atoms with E-state index in [-0.39, 0.29) is 23.5 Å². The molecule has 2 amide bonds. The van der Waals surface area contributed by atoms with Gasteiger partial charge in [-0.1, -0.05) is 36.4 Å². The number of fused-ring (bicyclic) bond motifs is 1. The van der Waals surface area contributed by atoms with Crippen LogP contribution in [0.3, 0.4) is 0 Å². The number of benzene rings is 2. The molecule has 7 heteroatoms. The normalized spacial score (nSPS) is 18.3. The van der Waals surface area contributed by atoms with Crippen LogP contribution in [0.4, 0.5) is 5.69 Å². The number of carbonyl (C=O) groups excluding carboxylic acids is 2. The lowest BCUT2D eigenvalue weighted by Crippen LogP contribution is -2.30. The van der Waals surface area contributed by atoms with E-state index >= 15 is 0 Å². The molecule has 148 valence electrons. The van der Waals surface area contributed by atoms with Gasteiger partial charge in [0.1, 0.15) is 11.5 Å². The van der Waals surface area contributed by atoms with Gasteiger partial charge in [-0.25, -0.2) is 4.99 Å². The third kappa shape index (κ3) is 5.12. The van der Waals surface area contributed by atoms with Crippen molar-refractivity contribution in [2.75, 3.05) is 11.1 Å². The number of hydrogen-bond acceptors (Lipinski definition) is 5. The van der Waals surface area contributed by atoms with Crippen LogP contribution in [-0.2, 0) is 9.59 Å². The molecule has 4 rings (SSSR count). The molecule has 0 spiro atoms. The number of amides is 2. The van der Waals surface area contributed by atoms with Crippen molar-refractivity contribution >= 4 is 40.1 Å². The first-order valence-electron chi connectivity index (χ1n) is 9.63. The van der Waals surface area contributed by atoms with Gasteiger partial charge >= 0.3 is 0 Å². The van der Waals surface area contributed by atoms with Crippen molar-refractivity contribution < 1.29 is 14.3 Å². The maximum Gasteiger partial charge on any atom is 0.256 e. The highest BCUT2D eigenvalue weighted by Gasteiger charge is 2.30. The number of aliphatic imine (C=N–C) groups is 2. The Morgan fingerprint density at radius 2 is 1.79 bits per heavy atom. The van der Waals surface area contributed by atoms with E-state index in [0.717, 1.165) is 37.1 Å². The molecule has 1 aliphatic carbocycles. The van der Waals surface area contributed by atoms with E-state index in [9.17, 15) is 9.59 Å². The summed E-state index contributed by atoms with van der Waals surface area (Å²) in [6.07, 6.45) is 3.79. The molecular weight excluding hydrogens is 386 g/mol. The summed E-state index contributed by atoms with van der Waals surface area (Å²) in [5, 5.41) is 3.23. The molecule has 0 bridgehead atoms. The minimum Gasteiger partial charge on any atom is -0.457 e. The van der Waals surface area contributed by atoms with Gasteiger partial charge < -0.3 is 10.1 Å². The number of carbonyl (C=O) groups is 2. The monoisotopic (exact) mass is 407 g/mol. The van der Waals surface area contributed by atoms with E-state index in [1.54, 1.807) is 24.3 Å². The quantitative estimate of drug-likeness (QED) is 0.780. The number of hydrogen-bond donors (Lipinski definition) is 1. The highest BCUT2D eigenvalue weighted by atomic mass is 32.2. The van der Waals surface area contributed by atoms with Gasteiger partial charge in [-0.15, -0.1) is 0 Å². The molecule has 1 fully saturated rings. The number of amidine groups is 1. The molecule has 29 heavy (non-hydrogen) atoms. The summed E-state index contributed by atoms with van der Waals surface area (Å²) in [6, 6.07) is 16.7. The summed E-state index contributed by atoms with van der Waals surface area (Å²) in [5.41, 5.74) is 1.60. The van der Waals surface area contributed by atoms with Crippen LogP contribution in [0.1, 0.15) is 25.7 Å². The topological polar surface area (TPSA) is 80.1 Å². The minimum atomic E-state index is -0.173. The second-order valence-corrected chi connectivity index (χ2v) is 7.85. The lowest BCUT2D eigenvalue weighted by atomic mass is 9.86. The number of rotatable bonds is 5. The number of ether oxygens (including phenoxy) is 1. The second-order valence-electron chi connectivity index (χ2n) is 6.91. The Labute approximate surface area is 173 Å². The zero-order chi connectivity index (χ0) is 20.1. The van der Waals surface area contributed by atoms with Gasteiger partial charge in [0.05, 0.1) is 11.7 Å². The van der Waals surface area contributed by atoms with Crippen molar-refractivity contribution in [2.45, 2.75) is 25.7 Å². The first-order valence-corrected chi connectivity index (χ1v) is 10.6.